The first-order valence-electron chi connectivity index (χ1n) is 8.50. The van der Waals surface area contributed by atoms with E-state index in [-0.39, 0.29) is 11.6 Å². The van der Waals surface area contributed by atoms with Gasteiger partial charge in [-0.1, -0.05) is 22.9 Å². The largest absolute Gasteiger partial charge is 0.382 e. The number of hydrogen-bond donors (Lipinski definition) is 1. The number of nitrogens with one attached hydrogen (secondary N) is 1. The Balaban J connectivity index is 1.87. The lowest BCUT2D eigenvalue weighted by atomic mass is 10.2. The SMILES string of the molecule is Cc1ccc(-n2cnc3c(sc4nccc(NC[C@H](C)N=O)c43)c2=O)cc1. The molecule has 1 N–H and O–H groups in total. The van der Waals surface area contributed by atoms with Crippen LogP contribution in [0.4, 0.5) is 5.69 Å². The zero-order chi connectivity index (χ0) is 19.0. The Labute approximate surface area is 158 Å². The van der Waals surface area contributed by atoms with Gasteiger partial charge in [-0.05, 0) is 32.0 Å². The maximum atomic E-state index is 13.0. The number of pyridine rings is 1. The normalized spacial score (nSPS) is 12.4. The van der Waals surface area contributed by atoms with E-state index in [1.807, 2.05) is 37.3 Å². The summed E-state index contributed by atoms with van der Waals surface area (Å²) in [6.45, 7) is 4.14. The van der Waals surface area contributed by atoms with E-state index in [1.165, 1.54) is 11.3 Å². The first kappa shape index (κ1) is 17.3. The highest BCUT2D eigenvalue weighted by molar-refractivity contribution is 7.25. The molecule has 0 fully saturated rings. The number of aromatic nitrogens is 3. The van der Waals surface area contributed by atoms with Crippen LogP contribution in [0.15, 0.2) is 52.8 Å². The van der Waals surface area contributed by atoms with Gasteiger partial charge in [0.15, 0.2) is 0 Å². The minimum atomic E-state index is -0.357. The molecule has 1 aromatic carbocycles. The average molecular weight is 379 g/mol. The van der Waals surface area contributed by atoms with Gasteiger partial charge < -0.3 is 5.32 Å². The van der Waals surface area contributed by atoms with Crippen molar-refractivity contribution in [2.24, 2.45) is 5.18 Å². The second kappa shape index (κ2) is 6.88. The van der Waals surface area contributed by atoms with Crippen molar-refractivity contribution in [2.75, 3.05) is 11.9 Å². The number of nitroso groups, excluding NO2 is 1. The number of aryl methyl sites for hydroxylation is 1. The summed E-state index contributed by atoms with van der Waals surface area (Å²) in [6.07, 6.45) is 3.23. The Hall–Kier alpha value is -3.13. The minimum Gasteiger partial charge on any atom is -0.382 e. The quantitative estimate of drug-likeness (QED) is 0.532. The number of anilines is 1. The van der Waals surface area contributed by atoms with Crippen molar-refractivity contribution in [3.8, 4) is 5.69 Å². The maximum absolute atomic E-state index is 13.0. The van der Waals surface area contributed by atoms with Crippen molar-refractivity contribution in [3.63, 3.8) is 0 Å². The second-order valence-electron chi connectivity index (χ2n) is 6.41. The Bertz CT molecular complexity index is 1200. The topological polar surface area (TPSA) is 89.2 Å². The Kier molecular flexibility index (Phi) is 4.41. The lowest BCUT2D eigenvalue weighted by Gasteiger charge is -2.09. The highest BCUT2D eigenvalue weighted by atomic mass is 32.1. The van der Waals surface area contributed by atoms with E-state index in [0.717, 1.165) is 27.2 Å². The molecular weight excluding hydrogens is 362 g/mol. The first-order chi connectivity index (χ1) is 13.1. The smallest absolute Gasteiger partial charge is 0.275 e. The van der Waals surface area contributed by atoms with Crippen LogP contribution in [0, 0.1) is 11.8 Å². The fourth-order valence-corrected chi connectivity index (χ4v) is 3.94. The van der Waals surface area contributed by atoms with Gasteiger partial charge in [0.25, 0.3) is 5.56 Å². The van der Waals surface area contributed by atoms with E-state index in [2.05, 4.69) is 20.5 Å². The molecule has 0 saturated heterocycles. The van der Waals surface area contributed by atoms with E-state index in [0.29, 0.717) is 16.8 Å². The third kappa shape index (κ3) is 3.08. The van der Waals surface area contributed by atoms with Gasteiger partial charge in [0.2, 0.25) is 0 Å². The molecule has 7 nitrogen and oxygen atoms in total. The van der Waals surface area contributed by atoms with E-state index in [1.54, 1.807) is 24.0 Å². The van der Waals surface area contributed by atoms with Gasteiger partial charge in [0.05, 0.1) is 16.6 Å². The number of fused-ring (bicyclic) bond motifs is 3. The van der Waals surface area contributed by atoms with Gasteiger partial charge in [0.1, 0.15) is 21.9 Å². The van der Waals surface area contributed by atoms with Gasteiger partial charge in [-0.25, -0.2) is 9.97 Å². The van der Waals surface area contributed by atoms with Crippen molar-refractivity contribution in [3.05, 3.63) is 63.7 Å². The third-order valence-electron chi connectivity index (χ3n) is 4.36. The fraction of sp³-hybridized carbons (Fsp3) is 0.211. The number of benzene rings is 1. The van der Waals surface area contributed by atoms with Crippen molar-refractivity contribution in [1.82, 2.24) is 14.5 Å². The minimum absolute atomic E-state index is 0.124. The molecule has 136 valence electrons. The summed E-state index contributed by atoms with van der Waals surface area (Å²) in [7, 11) is 0. The molecule has 4 aromatic rings. The summed E-state index contributed by atoms with van der Waals surface area (Å²) in [5.41, 5.74) is 3.18. The van der Waals surface area contributed by atoms with Crippen LogP contribution in [0.5, 0.6) is 0 Å². The summed E-state index contributed by atoms with van der Waals surface area (Å²) in [6, 6.07) is 9.18. The van der Waals surface area contributed by atoms with Crippen LogP contribution in [0.2, 0.25) is 0 Å². The van der Waals surface area contributed by atoms with Crippen molar-refractivity contribution < 1.29 is 0 Å². The predicted octanol–water partition coefficient (Wildman–Crippen LogP) is 3.87. The molecule has 4 rings (SSSR count). The van der Waals surface area contributed by atoms with E-state index < -0.39 is 0 Å². The maximum Gasteiger partial charge on any atom is 0.275 e. The molecule has 3 heterocycles. The number of rotatable bonds is 5. The standard InChI is InChI=1S/C19H17N5O2S/c1-11-3-5-13(6-4-11)24-10-22-16-15-14(21-9-12(2)23-26)7-8-20-18(15)27-17(16)19(24)25/h3-8,10,12H,9H2,1-2H3,(H,20,21)/t12-/m0/s1. The molecule has 27 heavy (non-hydrogen) atoms. The Morgan fingerprint density at radius 2 is 2.00 bits per heavy atom. The van der Waals surface area contributed by atoms with Crippen LogP contribution >= 0.6 is 11.3 Å². The Morgan fingerprint density at radius 1 is 1.22 bits per heavy atom. The molecule has 1 atom stereocenters. The molecule has 0 unspecified atom stereocenters. The molecule has 0 amide bonds. The second-order valence-corrected chi connectivity index (χ2v) is 7.41. The number of nitrogens with zero attached hydrogens (tertiary/aromatic N) is 4. The number of hydrogen-bond acceptors (Lipinski definition) is 7. The summed E-state index contributed by atoms with van der Waals surface area (Å²) in [5, 5.41) is 7.01. The van der Waals surface area contributed by atoms with Crippen molar-refractivity contribution >= 4 is 37.5 Å². The molecule has 0 spiro atoms. The van der Waals surface area contributed by atoms with Crippen LogP contribution in [-0.4, -0.2) is 27.1 Å². The zero-order valence-corrected chi connectivity index (χ0v) is 15.7. The molecule has 8 heteroatoms. The average Bonchev–Trinajstić information content (AvgIpc) is 3.07. The molecule has 0 aliphatic rings. The van der Waals surface area contributed by atoms with E-state index in [9.17, 15) is 9.70 Å². The number of thiophene rings is 1. The highest BCUT2D eigenvalue weighted by Gasteiger charge is 2.16. The van der Waals surface area contributed by atoms with Gasteiger partial charge in [-0.2, -0.15) is 4.91 Å². The van der Waals surface area contributed by atoms with E-state index in [4.69, 9.17) is 0 Å². The lowest BCUT2D eigenvalue weighted by Crippen LogP contribution is -2.17. The van der Waals surface area contributed by atoms with Crippen molar-refractivity contribution in [1.29, 1.82) is 0 Å². The Morgan fingerprint density at radius 3 is 2.74 bits per heavy atom. The highest BCUT2D eigenvalue weighted by Crippen LogP contribution is 2.34. The van der Waals surface area contributed by atoms with Crippen LogP contribution in [0.25, 0.3) is 26.1 Å². The van der Waals surface area contributed by atoms with Gasteiger partial charge in [-0.15, -0.1) is 11.3 Å². The summed E-state index contributed by atoms with van der Waals surface area (Å²) in [5.74, 6) is 0. The molecule has 3 aromatic heterocycles. The summed E-state index contributed by atoms with van der Waals surface area (Å²) >= 11 is 1.32. The van der Waals surface area contributed by atoms with Gasteiger partial charge in [-0.3, -0.25) is 9.36 Å². The van der Waals surface area contributed by atoms with Gasteiger partial charge >= 0.3 is 0 Å². The van der Waals surface area contributed by atoms with Crippen LogP contribution in [0.3, 0.4) is 0 Å². The van der Waals surface area contributed by atoms with Crippen LogP contribution in [-0.2, 0) is 0 Å². The molecule has 0 aliphatic carbocycles. The predicted molar refractivity (Wildman–Crippen MR) is 109 cm³/mol. The van der Waals surface area contributed by atoms with Gasteiger partial charge in [0, 0.05) is 18.4 Å². The summed E-state index contributed by atoms with van der Waals surface area (Å²) < 4.78 is 2.10. The zero-order valence-electron chi connectivity index (χ0n) is 14.8. The van der Waals surface area contributed by atoms with E-state index >= 15 is 0 Å². The third-order valence-corrected chi connectivity index (χ3v) is 5.44. The first-order valence-corrected chi connectivity index (χ1v) is 9.32. The molecular formula is C19H17N5O2S. The monoisotopic (exact) mass is 379 g/mol. The summed E-state index contributed by atoms with van der Waals surface area (Å²) in [4.78, 5) is 33.3. The molecule has 0 radical (unpaired) electrons. The van der Waals surface area contributed by atoms with Crippen LogP contribution < -0.4 is 10.9 Å². The molecule has 0 aliphatic heterocycles. The fourth-order valence-electron chi connectivity index (χ4n) is 2.88. The lowest BCUT2D eigenvalue weighted by molar-refractivity contribution is 0.775. The molecule has 0 saturated carbocycles. The molecule has 0 bridgehead atoms. The van der Waals surface area contributed by atoms with Crippen molar-refractivity contribution in [2.45, 2.75) is 19.9 Å². The van der Waals surface area contributed by atoms with Crippen LogP contribution in [0.1, 0.15) is 12.5 Å².